The quantitative estimate of drug-likeness (QED) is 0.211. The van der Waals surface area contributed by atoms with Gasteiger partial charge in [-0.2, -0.15) is 0 Å². The Morgan fingerprint density at radius 2 is 0.972 bits per heavy atom. The Balaban J connectivity index is 1.92. The van der Waals surface area contributed by atoms with E-state index < -0.39 is 0 Å². The van der Waals surface area contributed by atoms with Crippen LogP contribution in [0.15, 0.2) is 97.1 Å². The molecule has 2 heteroatoms. The SMILES string of the molecule is CCCCCC(CCCC)(c1ccc(O)c(-c2ccccc2)c1)c1ccc(O)c(-c2ccccc2)c1. The lowest BCUT2D eigenvalue weighted by atomic mass is 9.67. The minimum atomic E-state index is -0.209. The largest absolute Gasteiger partial charge is 0.507 e. The summed E-state index contributed by atoms with van der Waals surface area (Å²) in [6.45, 7) is 4.49. The van der Waals surface area contributed by atoms with E-state index in [0.717, 1.165) is 54.4 Å². The van der Waals surface area contributed by atoms with Gasteiger partial charge in [0.2, 0.25) is 0 Å². The lowest BCUT2D eigenvalue weighted by Gasteiger charge is -2.37. The molecule has 0 saturated heterocycles. The molecule has 0 aliphatic heterocycles. The third kappa shape index (κ3) is 5.49. The number of hydrogen-bond donors (Lipinski definition) is 2. The van der Waals surface area contributed by atoms with Gasteiger partial charge < -0.3 is 10.2 Å². The maximum absolute atomic E-state index is 10.8. The van der Waals surface area contributed by atoms with Gasteiger partial charge in [-0.3, -0.25) is 0 Å². The molecular weight excluding hydrogens is 440 g/mol. The minimum Gasteiger partial charge on any atom is -0.507 e. The number of unbranched alkanes of at least 4 members (excludes halogenated alkanes) is 3. The molecular formula is C34H38O2. The van der Waals surface area contributed by atoms with Crippen LogP contribution in [0.5, 0.6) is 11.5 Å². The molecule has 0 atom stereocenters. The highest BCUT2D eigenvalue weighted by atomic mass is 16.3. The van der Waals surface area contributed by atoms with Gasteiger partial charge in [0.05, 0.1) is 0 Å². The van der Waals surface area contributed by atoms with Crippen molar-refractivity contribution in [1.29, 1.82) is 0 Å². The first-order chi connectivity index (χ1) is 17.6. The van der Waals surface area contributed by atoms with Gasteiger partial charge in [-0.05, 0) is 59.4 Å². The van der Waals surface area contributed by atoms with Gasteiger partial charge >= 0.3 is 0 Å². The van der Waals surface area contributed by atoms with Crippen molar-refractivity contribution in [3.05, 3.63) is 108 Å². The van der Waals surface area contributed by atoms with Gasteiger partial charge in [0.15, 0.2) is 0 Å². The van der Waals surface area contributed by atoms with Crippen LogP contribution in [-0.4, -0.2) is 10.2 Å². The molecule has 0 aromatic heterocycles. The standard InChI is InChI=1S/C34H38O2/c1-3-5-13-23-34(22-6-4-2,28-18-20-32(35)30(24-28)26-14-9-7-10-15-26)29-19-21-33(36)31(25-29)27-16-11-8-12-17-27/h7-12,14-21,24-25,35-36H,3-6,13,22-23H2,1-2H3. The molecule has 0 aliphatic rings. The Hall–Kier alpha value is -3.52. The molecule has 0 amide bonds. The van der Waals surface area contributed by atoms with Crippen molar-refractivity contribution in [3.63, 3.8) is 0 Å². The third-order valence-corrected chi connectivity index (χ3v) is 7.43. The smallest absolute Gasteiger partial charge is 0.123 e. The van der Waals surface area contributed by atoms with E-state index in [1.165, 1.54) is 24.0 Å². The van der Waals surface area contributed by atoms with Crippen LogP contribution < -0.4 is 0 Å². The van der Waals surface area contributed by atoms with Crippen molar-refractivity contribution < 1.29 is 10.2 Å². The Morgan fingerprint density at radius 1 is 0.528 bits per heavy atom. The highest BCUT2D eigenvalue weighted by Gasteiger charge is 2.34. The van der Waals surface area contributed by atoms with E-state index in [1.807, 2.05) is 48.5 Å². The molecule has 0 fully saturated rings. The van der Waals surface area contributed by atoms with Crippen LogP contribution in [0, 0.1) is 0 Å². The van der Waals surface area contributed by atoms with Crippen LogP contribution in [-0.2, 0) is 5.41 Å². The van der Waals surface area contributed by atoms with E-state index in [1.54, 1.807) is 0 Å². The Bertz CT molecular complexity index is 1160. The first-order valence-corrected chi connectivity index (χ1v) is 13.4. The monoisotopic (exact) mass is 478 g/mol. The number of phenolic OH excluding ortho intramolecular Hbond substituents is 2. The predicted octanol–water partition coefficient (Wildman–Crippen LogP) is 9.49. The Kier molecular flexibility index (Phi) is 8.48. The van der Waals surface area contributed by atoms with E-state index in [2.05, 4.69) is 62.4 Å². The van der Waals surface area contributed by atoms with E-state index >= 15 is 0 Å². The first kappa shape index (κ1) is 25.6. The third-order valence-electron chi connectivity index (χ3n) is 7.43. The molecule has 2 N–H and O–H groups in total. The van der Waals surface area contributed by atoms with Crippen LogP contribution in [0.4, 0.5) is 0 Å². The maximum atomic E-state index is 10.8. The van der Waals surface area contributed by atoms with Gasteiger partial charge in [0.25, 0.3) is 0 Å². The summed E-state index contributed by atoms with van der Waals surface area (Å²) < 4.78 is 0. The summed E-state index contributed by atoms with van der Waals surface area (Å²) in [4.78, 5) is 0. The molecule has 0 heterocycles. The van der Waals surface area contributed by atoms with Crippen LogP contribution in [0.2, 0.25) is 0 Å². The van der Waals surface area contributed by atoms with E-state index in [0.29, 0.717) is 11.5 Å². The number of hydrogen-bond acceptors (Lipinski definition) is 2. The second-order valence-corrected chi connectivity index (χ2v) is 9.84. The van der Waals surface area contributed by atoms with Crippen molar-refractivity contribution in [2.45, 2.75) is 64.2 Å². The van der Waals surface area contributed by atoms with Crippen molar-refractivity contribution >= 4 is 0 Å². The van der Waals surface area contributed by atoms with E-state index in [-0.39, 0.29) is 5.41 Å². The van der Waals surface area contributed by atoms with Crippen LogP contribution in [0.3, 0.4) is 0 Å². The van der Waals surface area contributed by atoms with Gasteiger partial charge in [-0.25, -0.2) is 0 Å². The van der Waals surface area contributed by atoms with Crippen LogP contribution >= 0.6 is 0 Å². The fraction of sp³-hybridized carbons (Fsp3) is 0.294. The average molecular weight is 479 g/mol. The van der Waals surface area contributed by atoms with Gasteiger partial charge in [0.1, 0.15) is 11.5 Å². The summed E-state index contributed by atoms with van der Waals surface area (Å²) in [6, 6.07) is 32.6. The average Bonchev–Trinajstić information content (AvgIpc) is 2.92. The number of benzene rings is 4. The summed E-state index contributed by atoms with van der Waals surface area (Å²) in [5, 5.41) is 21.6. The van der Waals surface area contributed by atoms with Crippen molar-refractivity contribution in [1.82, 2.24) is 0 Å². The molecule has 186 valence electrons. The van der Waals surface area contributed by atoms with Crippen molar-refractivity contribution in [3.8, 4) is 33.8 Å². The highest BCUT2D eigenvalue weighted by molar-refractivity contribution is 5.73. The summed E-state index contributed by atoms with van der Waals surface area (Å²) in [5.41, 5.74) is 6.02. The Labute approximate surface area is 216 Å². The molecule has 0 radical (unpaired) electrons. The topological polar surface area (TPSA) is 40.5 Å². The Morgan fingerprint density at radius 3 is 1.42 bits per heavy atom. The number of phenols is 2. The molecule has 2 nitrogen and oxygen atoms in total. The second kappa shape index (κ2) is 11.9. The second-order valence-electron chi connectivity index (χ2n) is 9.84. The lowest BCUT2D eigenvalue weighted by molar-refractivity contribution is 0.399. The molecule has 4 aromatic carbocycles. The predicted molar refractivity (Wildman–Crippen MR) is 152 cm³/mol. The fourth-order valence-corrected chi connectivity index (χ4v) is 5.39. The van der Waals surface area contributed by atoms with E-state index in [9.17, 15) is 10.2 Å². The van der Waals surface area contributed by atoms with Gasteiger partial charge in [-0.1, -0.05) is 119 Å². The molecule has 0 aliphatic carbocycles. The van der Waals surface area contributed by atoms with E-state index in [4.69, 9.17) is 0 Å². The number of rotatable bonds is 11. The summed E-state index contributed by atoms with van der Waals surface area (Å²) in [6.07, 6.45) is 7.74. The van der Waals surface area contributed by atoms with Crippen molar-refractivity contribution in [2.75, 3.05) is 0 Å². The molecule has 0 unspecified atom stereocenters. The molecule has 0 spiro atoms. The molecule has 0 bridgehead atoms. The molecule has 4 rings (SSSR count). The normalized spacial score (nSPS) is 11.5. The summed E-state index contributed by atoms with van der Waals surface area (Å²) in [7, 11) is 0. The zero-order valence-electron chi connectivity index (χ0n) is 21.6. The van der Waals surface area contributed by atoms with Crippen LogP contribution in [0.1, 0.15) is 69.9 Å². The zero-order chi connectivity index (χ0) is 25.4. The van der Waals surface area contributed by atoms with Crippen molar-refractivity contribution in [2.24, 2.45) is 0 Å². The van der Waals surface area contributed by atoms with Gasteiger partial charge in [0, 0.05) is 16.5 Å². The molecule has 4 aromatic rings. The molecule has 0 saturated carbocycles. The summed E-state index contributed by atoms with van der Waals surface area (Å²) in [5.74, 6) is 0.608. The maximum Gasteiger partial charge on any atom is 0.123 e. The zero-order valence-corrected chi connectivity index (χ0v) is 21.6. The minimum absolute atomic E-state index is 0.209. The van der Waals surface area contributed by atoms with Gasteiger partial charge in [-0.15, -0.1) is 0 Å². The summed E-state index contributed by atoms with van der Waals surface area (Å²) >= 11 is 0. The lowest BCUT2D eigenvalue weighted by Crippen LogP contribution is -2.28. The highest BCUT2D eigenvalue weighted by Crippen LogP contribution is 2.46. The number of aromatic hydroxyl groups is 2. The first-order valence-electron chi connectivity index (χ1n) is 13.4. The van der Waals surface area contributed by atoms with Crippen LogP contribution in [0.25, 0.3) is 22.3 Å². The fourth-order valence-electron chi connectivity index (χ4n) is 5.39. The molecule has 36 heavy (non-hydrogen) atoms.